The van der Waals surface area contributed by atoms with E-state index in [0.717, 1.165) is 5.56 Å². The van der Waals surface area contributed by atoms with Gasteiger partial charge in [-0.25, -0.2) is 4.39 Å². The number of rotatable bonds is 5. The molecule has 0 saturated heterocycles. The fourth-order valence-electron chi connectivity index (χ4n) is 1.64. The summed E-state index contributed by atoms with van der Waals surface area (Å²) < 4.78 is 23.2. The van der Waals surface area contributed by atoms with E-state index in [1.54, 1.807) is 38.6 Å². The molecule has 0 fully saturated rings. The van der Waals surface area contributed by atoms with Gasteiger partial charge in [-0.15, -0.1) is 0 Å². The minimum atomic E-state index is -0.283. The highest BCUT2D eigenvalue weighted by Gasteiger charge is 2.02. The monoisotopic (exact) mass is 274 g/mol. The Balaban J connectivity index is 2.12. The van der Waals surface area contributed by atoms with E-state index in [1.165, 1.54) is 12.1 Å². The van der Waals surface area contributed by atoms with Gasteiger partial charge in [0.15, 0.2) is 0 Å². The minimum absolute atomic E-state index is 0.283. The summed E-state index contributed by atoms with van der Waals surface area (Å²) in [5.74, 6) is 1.12. The Labute approximate surface area is 116 Å². The van der Waals surface area contributed by atoms with E-state index in [-0.39, 0.29) is 5.82 Å². The second kappa shape index (κ2) is 6.56. The van der Waals surface area contributed by atoms with Crippen LogP contribution in [0.25, 0.3) is 0 Å². The molecule has 2 aromatic carbocycles. The zero-order valence-electron chi connectivity index (χ0n) is 11.3. The topological polar surface area (TPSA) is 42.9 Å². The van der Waals surface area contributed by atoms with Crippen LogP contribution in [0, 0.1) is 5.82 Å². The highest BCUT2D eigenvalue weighted by molar-refractivity contribution is 5.84. The van der Waals surface area contributed by atoms with Crippen molar-refractivity contribution in [1.82, 2.24) is 0 Å². The number of hydrazone groups is 1. The molecular formula is C15H15FN2O2. The van der Waals surface area contributed by atoms with Crippen molar-refractivity contribution in [3.8, 4) is 11.5 Å². The van der Waals surface area contributed by atoms with Gasteiger partial charge < -0.3 is 9.47 Å². The van der Waals surface area contributed by atoms with Crippen LogP contribution in [0.5, 0.6) is 11.5 Å². The Morgan fingerprint density at radius 2 is 1.80 bits per heavy atom. The SMILES string of the molecule is COc1ccc(OC)c(/C=N/Nc2ccc(F)cc2)c1. The van der Waals surface area contributed by atoms with E-state index in [1.807, 2.05) is 12.1 Å². The third kappa shape index (κ3) is 3.47. The molecular weight excluding hydrogens is 259 g/mol. The molecule has 1 N–H and O–H groups in total. The highest BCUT2D eigenvalue weighted by atomic mass is 19.1. The van der Waals surface area contributed by atoms with Gasteiger partial charge in [-0.1, -0.05) is 0 Å². The minimum Gasteiger partial charge on any atom is -0.497 e. The van der Waals surface area contributed by atoms with Crippen LogP contribution < -0.4 is 14.9 Å². The van der Waals surface area contributed by atoms with Crippen molar-refractivity contribution in [3.05, 3.63) is 53.8 Å². The predicted octanol–water partition coefficient (Wildman–Crippen LogP) is 3.29. The molecule has 2 aromatic rings. The van der Waals surface area contributed by atoms with Crippen molar-refractivity contribution >= 4 is 11.9 Å². The number of nitrogens with one attached hydrogen (secondary N) is 1. The molecule has 0 aliphatic carbocycles. The van der Waals surface area contributed by atoms with Gasteiger partial charge in [-0.05, 0) is 42.5 Å². The Hall–Kier alpha value is -2.56. The maximum Gasteiger partial charge on any atom is 0.127 e. The lowest BCUT2D eigenvalue weighted by atomic mass is 10.2. The first kappa shape index (κ1) is 13.9. The van der Waals surface area contributed by atoms with Crippen LogP contribution in [0.3, 0.4) is 0 Å². The molecule has 0 spiro atoms. The molecule has 0 bridgehead atoms. The van der Waals surface area contributed by atoms with Crippen molar-refractivity contribution < 1.29 is 13.9 Å². The fraction of sp³-hybridized carbons (Fsp3) is 0.133. The number of methoxy groups -OCH3 is 2. The van der Waals surface area contributed by atoms with Crippen molar-refractivity contribution in [3.63, 3.8) is 0 Å². The van der Waals surface area contributed by atoms with E-state index >= 15 is 0 Å². The molecule has 20 heavy (non-hydrogen) atoms. The number of hydrogen-bond acceptors (Lipinski definition) is 4. The summed E-state index contributed by atoms with van der Waals surface area (Å²) in [6.07, 6.45) is 1.62. The number of benzene rings is 2. The van der Waals surface area contributed by atoms with Crippen molar-refractivity contribution in [2.75, 3.05) is 19.6 Å². The van der Waals surface area contributed by atoms with E-state index in [9.17, 15) is 4.39 Å². The molecule has 104 valence electrons. The maximum atomic E-state index is 12.8. The average molecular weight is 274 g/mol. The third-order valence-corrected chi connectivity index (χ3v) is 2.68. The van der Waals surface area contributed by atoms with Crippen molar-refractivity contribution in [1.29, 1.82) is 0 Å². The molecule has 0 heterocycles. The molecule has 0 atom stereocenters. The van der Waals surface area contributed by atoms with Gasteiger partial charge >= 0.3 is 0 Å². The smallest absolute Gasteiger partial charge is 0.127 e. The standard InChI is InChI=1S/C15H15FN2O2/c1-19-14-7-8-15(20-2)11(9-14)10-17-18-13-5-3-12(16)4-6-13/h3-10,18H,1-2H3/b17-10+. The Kier molecular flexibility index (Phi) is 4.55. The summed E-state index contributed by atoms with van der Waals surface area (Å²) in [6.45, 7) is 0. The predicted molar refractivity (Wildman–Crippen MR) is 77.2 cm³/mol. The van der Waals surface area contributed by atoms with Gasteiger partial charge in [-0.2, -0.15) is 5.10 Å². The second-order valence-electron chi connectivity index (χ2n) is 3.98. The van der Waals surface area contributed by atoms with Crippen LogP contribution in [-0.2, 0) is 0 Å². The summed E-state index contributed by atoms with van der Waals surface area (Å²) in [5, 5.41) is 4.09. The first-order valence-corrected chi connectivity index (χ1v) is 5.99. The molecule has 0 aliphatic heterocycles. The van der Waals surface area contributed by atoms with Gasteiger partial charge in [-0.3, -0.25) is 5.43 Å². The number of halogens is 1. The van der Waals surface area contributed by atoms with E-state index in [0.29, 0.717) is 17.2 Å². The fourth-order valence-corrected chi connectivity index (χ4v) is 1.64. The van der Waals surface area contributed by atoms with Gasteiger partial charge in [0, 0.05) is 5.56 Å². The van der Waals surface area contributed by atoms with Crippen LogP contribution in [0.15, 0.2) is 47.6 Å². The molecule has 0 unspecified atom stereocenters. The van der Waals surface area contributed by atoms with Crippen LogP contribution in [0.1, 0.15) is 5.56 Å². The Bertz CT molecular complexity index is 597. The second-order valence-corrected chi connectivity index (χ2v) is 3.98. The van der Waals surface area contributed by atoms with Gasteiger partial charge in [0.2, 0.25) is 0 Å². The number of hydrogen-bond donors (Lipinski definition) is 1. The molecule has 0 amide bonds. The molecule has 0 saturated carbocycles. The lowest BCUT2D eigenvalue weighted by molar-refractivity contribution is 0.402. The summed E-state index contributed by atoms with van der Waals surface area (Å²) in [7, 11) is 3.19. The summed E-state index contributed by atoms with van der Waals surface area (Å²) in [5.41, 5.74) is 4.29. The number of anilines is 1. The van der Waals surface area contributed by atoms with Gasteiger partial charge in [0.1, 0.15) is 17.3 Å². The van der Waals surface area contributed by atoms with E-state index < -0.39 is 0 Å². The molecule has 0 aromatic heterocycles. The normalized spacial score (nSPS) is 10.6. The van der Waals surface area contributed by atoms with Crippen LogP contribution in [0.2, 0.25) is 0 Å². The Morgan fingerprint density at radius 1 is 1.05 bits per heavy atom. The first-order chi connectivity index (χ1) is 9.72. The van der Waals surface area contributed by atoms with E-state index in [2.05, 4.69) is 10.5 Å². The third-order valence-electron chi connectivity index (χ3n) is 2.68. The zero-order chi connectivity index (χ0) is 14.4. The average Bonchev–Trinajstić information content (AvgIpc) is 2.49. The van der Waals surface area contributed by atoms with Crippen LogP contribution >= 0.6 is 0 Å². The van der Waals surface area contributed by atoms with E-state index in [4.69, 9.17) is 9.47 Å². The summed E-state index contributed by atoms with van der Waals surface area (Å²) in [4.78, 5) is 0. The van der Waals surface area contributed by atoms with Crippen LogP contribution in [0.4, 0.5) is 10.1 Å². The number of nitrogens with zero attached hydrogens (tertiary/aromatic N) is 1. The first-order valence-electron chi connectivity index (χ1n) is 5.99. The number of ether oxygens (including phenoxy) is 2. The lowest BCUT2D eigenvalue weighted by Gasteiger charge is -2.07. The lowest BCUT2D eigenvalue weighted by Crippen LogP contribution is -1.95. The quantitative estimate of drug-likeness (QED) is 0.672. The maximum absolute atomic E-state index is 12.8. The van der Waals surface area contributed by atoms with Crippen molar-refractivity contribution in [2.24, 2.45) is 5.10 Å². The molecule has 0 radical (unpaired) electrons. The Morgan fingerprint density at radius 3 is 2.45 bits per heavy atom. The van der Waals surface area contributed by atoms with Crippen molar-refractivity contribution in [2.45, 2.75) is 0 Å². The zero-order valence-corrected chi connectivity index (χ0v) is 11.3. The van der Waals surface area contributed by atoms with Crippen LogP contribution in [-0.4, -0.2) is 20.4 Å². The molecule has 0 aliphatic rings. The summed E-state index contributed by atoms with van der Waals surface area (Å²) in [6, 6.07) is 11.4. The van der Waals surface area contributed by atoms with Gasteiger partial charge in [0.25, 0.3) is 0 Å². The molecule has 2 rings (SSSR count). The molecule has 4 nitrogen and oxygen atoms in total. The largest absolute Gasteiger partial charge is 0.497 e. The summed E-state index contributed by atoms with van der Waals surface area (Å²) >= 11 is 0. The van der Waals surface area contributed by atoms with Gasteiger partial charge in [0.05, 0.1) is 26.1 Å². The highest BCUT2D eigenvalue weighted by Crippen LogP contribution is 2.22. The molecule has 5 heteroatoms.